The van der Waals surface area contributed by atoms with Crippen LogP contribution in [0.1, 0.15) is 26.2 Å². The van der Waals surface area contributed by atoms with Crippen molar-refractivity contribution in [2.75, 3.05) is 18.0 Å². The predicted octanol–water partition coefficient (Wildman–Crippen LogP) is 3.11. The number of hydrogen-bond acceptors (Lipinski definition) is 4. The third kappa shape index (κ3) is 4.57. The Morgan fingerprint density at radius 1 is 1.07 bits per heavy atom. The molecular formula is C21H28N6. The quantitative estimate of drug-likeness (QED) is 0.700. The van der Waals surface area contributed by atoms with Crippen LogP contribution in [0.3, 0.4) is 0 Å². The Labute approximate surface area is 160 Å². The molecule has 0 radical (unpaired) electrons. The van der Waals surface area contributed by atoms with Crippen molar-refractivity contribution in [3.8, 4) is 5.69 Å². The van der Waals surface area contributed by atoms with Crippen molar-refractivity contribution >= 4 is 5.69 Å². The highest BCUT2D eigenvalue weighted by Gasteiger charge is 2.20. The number of piperidine rings is 1. The highest BCUT2D eigenvalue weighted by Crippen LogP contribution is 2.22. The fraction of sp³-hybridized carbons (Fsp3) is 0.429. The van der Waals surface area contributed by atoms with E-state index in [2.05, 4.69) is 51.5 Å². The van der Waals surface area contributed by atoms with Crippen LogP contribution in [0.4, 0.5) is 5.69 Å². The van der Waals surface area contributed by atoms with E-state index in [4.69, 9.17) is 0 Å². The number of benzene rings is 1. The van der Waals surface area contributed by atoms with E-state index < -0.39 is 0 Å². The van der Waals surface area contributed by atoms with E-state index in [0.717, 1.165) is 31.7 Å². The van der Waals surface area contributed by atoms with Crippen molar-refractivity contribution in [3.63, 3.8) is 0 Å². The minimum absolute atomic E-state index is 0.514. The van der Waals surface area contributed by atoms with E-state index in [1.165, 1.54) is 18.5 Å². The van der Waals surface area contributed by atoms with E-state index >= 15 is 0 Å². The summed E-state index contributed by atoms with van der Waals surface area (Å²) in [5.74, 6) is 0. The Morgan fingerprint density at radius 3 is 2.52 bits per heavy atom. The molecule has 1 saturated heterocycles. The van der Waals surface area contributed by atoms with Gasteiger partial charge >= 0.3 is 0 Å². The van der Waals surface area contributed by atoms with Crippen LogP contribution in [0.15, 0.2) is 61.4 Å². The molecule has 3 aromatic rings. The van der Waals surface area contributed by atoms with Crippen LogP contribution >= 0.6 is 0 Å². The third-order valence-corrected chi connectivity index (χ3v) is 5.38. The van der Waals surface area contributed by atoms with Gasteiger partial charge in [-0.25, -0.2) is 4.98 Å². The minimum Gasteiger partial charge on any atom is -0.371 e. The van der Waals surface area contributed by atoms with Gasteiger partial charge in [0.05, 0.1) is 6.33 Å². The SMILES string of the molecule is CC(CCn1cccn1)NC1CCN(c2ccc(-n3ccnc3)cc2)CC1. The first-order valence-electron chi connectivity index (χ1n) is 9.85. The molecule has 0 aliphatic carbocycles. The molecule has 1 aliphatic rings. The Bertz CT molecular complexity index is 786. The number of nitrogens with one attached hydrogen (secondary N) is 1. The lowest BCUT2D eigenvalue weighted by molar-refractivity contribution is 0.354. The molecule has 6 nitrogen and oxygen atoms in total. The van der Waals surface area contributed by atoms with Gasteiger partial charge in [-0.15, -0.1) is 0 Å². The number of aromatic nitrogens is 4. The van der Waals surface area contributed by atoms with Crippen molar-refractivity contribution in [2.24, 2.45) is 0 Å². The molecule has 27 heavy (non-hydrogen) atoms. The Hall–Kier alpha value is -2.60. The fourth-order valence-electron chi connectivity index (χ4n) is 3.80. The summed E-state index contributed by atoms with van der Waals surface area (Å²) in [4.78, 5) is 6.60. The number of hydrogen-bond donors (Lipinski definition) is 1. The molecule has 0 amide bonds. The zero-order valence-electron chi connectivity index (χ0n) is 15.9. The lowest BCUT2D eigenvalue weighted by Gasteiger charge is -2.35. The summed E-state index contributed by atoms with van der Waals surface area (Å²) in [6.45, 7) is 5.47. The topological polar surface area (TPSA) is 50.9 Å². The second-order valence-corrected chi connectivity index (χ2v) is 7.37. The summed E-state index contributed by atoms with van der Waals surface area (Å²) in [6.07, 6.45) is 13.0. The molecule has 1 aromatic carbocycles. The first-order chi connectivity index (χ1) is 13.3. The molecule has 2 aromatic heterocycles. The number of rotatable bonds is 7. The molecule has 3 heterocycles. The smallest absolute Gasteiger partial charge is 0.0991 e. The van der Waals surface area contributed by atoms with E-state index in [1.807, 2.05) is 46.4 Å². The highest BCUT2D eigenvalue weighted by molar-refractivity contribution is 5.51. The number of aryl methyl sites for hydroxylation is 1. The summed E-state index contributed by atoms with van der Waals surface area (Å²) in [7, 11) is 0. The van der Waals surface area contributed by atoms with Crippen LogP contribution in [-0.4, -0.2) is 44.5 Å². The summed E-state index contributed by atoms with van der Waals surface area (Å²) in [6, 6.07) is 11.9. The fourth-order valence-corrected chi connectivity index (χ4v) is 3.80. The molecule has 6 heteroatoms. The van der Waals surface area contributed by atoms with Gasteiger partial charge in [0.1, 0.15) is 0 Å². The Morgan fingerprint density at radius 2 is 1.85 bits per heavy atom. The Kier molecular flexibility index (Phi) is 5.53. The van der Waals surface area contributed by atoms with Gasteiger partial charge in [-0.2, -0.15) is 5.10 Å². The van der Waals surface area contributed by atoms with Gasteiger partial charge in [-0.3, -0.25) is 4.68 Å². The van der Waals surface area contributed by atoms with Crippen molar-refractivity contribution in [1.82, 2.24) is 24.6 Å². The maximum absolute atomic E-state index is 4.28. The van der Waals surface area contributed by atoms with Crippen molar-refractivity contribution < 1.29 is 0 Å². The van der Waals surface area contributed by atoms with Gasteiger partial charge in [0.2, 0.25) is 0 Å². The van der Waals surface area contributed by atoms with Crippen molar-refractivity contribution in [1.29, 1.82) is 0 Å². The van der Waals surface area contributed by atoms with Gasteiger partial charge < -0.3 is 14.8 Å². The average Bonchev–Trinajstić information content (AvgIpc) is 3.41. The average molecular weight is 364 g/mol. The molecule has 0 bridgehead atoms. The van der Waals surface area contributed by atoms with Gasteiger partial charge in [0.15, 0.2) is 0 Å². The van der Waals surface area contributed by atoms with Crippen LogP contribution in [0, 0.1) is 0 Å². The standard InChI is InChI=1S/C21H28N6/c1-18(7-15-27-12-2-10-23-27)24-19-8-13-25(14-9-19)20-3-5-21(6-4-20)26-16-11-22-17-26/h2-6,10-12,16-19,24H,7-9,13-15H2,1H3. The van der Waals surface area contributed by atoms with Gasteiger partial charge in [-0.05, 0) is 56.5 Å². The maximum Gasteiger partial charge on any atom is 0.0991 e. The minimum atomic E-state index is 0.514. The van der Waals surface area contributed by atoms with Gasteiger partial charge in [0.25, 0.3) is 0 Å². The zero-order valence-corrected chi connectivity index (χ0v) is 15.9. The number of anilines is 1. The third-order valence-electron chi connectivity index (χ3n) is 5.38. The second-order valence-electron chi connectivity index (χ2n) is 7.37. The molecule has 1 aliphatic heterocycles. The summed E-state index contributed by atoms with van der Waals surface area (Å²) < 4.78 is 4.04. The largest absolute Gasteiger partial charge is 0.371 e. The van der Waals surface area contributed by atoms with E-state index in [9.17, 15) is 0 Å². The monoisotopic (exact) mass is 364 g/mol. The first-order valence-corrected chi connectivity index (χ1v) is 9.85. The molecule has 0 spiro atoms. The highest BCUT2D eigenvalue weighted by atomic mass is 15.3. The van der Waals surface area contributed by atoms with Crippen LogP contribution in [0.25, 0.3) is 5.69 Å². The van der Waals surface area contributed by atoms with Gasteiger partial charge in [-0.1, -0.05) is 0 Å². The maximum atomic E-state index is 4.28. The molecule has 1 fully saturated rings. The molecule has 0 saturated carbocycles. The van der Waals surface area contributed by atoms with Crippen LogP contribution in [0.2, 0.25) is 0 Å². The molecule has 1 unspecified atom stereocenters. The summed E-state index contributed by atoms with van der Waals surface area (Å²) in [5.41, 5.74) is 2.46. The van der Waals surface area contributed by atoms with Crippen molar-refractivity contribution in [3.05, 3.63) is 61.4 Å². The molecule has 1 N–H and O–H groups in total. The predicted molar refractivity (Wildman–Crippen MR) is 108 cm³/mol. The zero-order chi connectivity index (χ0) is 18.5. The summed E-state index contributed by atoms with van der Waals surface area (Å²) in [5, 5.41) is 8.08. The normalized spacial score (nSPS) is 16.6. The Balaban J connectivity index is 1.23. The van der Waals surface area contributed by atoms with Crippen LogP contribution in [0.5, 0.6) is 0 Å². The lowest BCUT2D eigenvalue weighted by Crippen LogP contribution is -2.45. The van der Waals surface area contributed by atoms with Gasteiger partial charge in [0, 0.05) is 67.9 Å². The lowest BCUT2D eigenvalue weighted by atomic mass is 10.0. The number of imidazole rings is 1. The second kappa shape index (κ2) is 8.39. The van der Waals surface area contributed by atoms with Crippen molar-refractivity contribution in [2.45, 2.75) is 44.8 Å². The molecule has 4 rings (SSSR count). The molecular weight excluding hydrogens is 336 g/mol. The molecule has 142 valence electrons. The summed E-state index contributed by atoms with van der Waals surface area (Å²) >= 11 is 0. The first kappa shape index (κ1) is 17.8. The van der Waals surface area contributed by atoms with Crippen LogP contribution < -0.4 is 10.2 Å². The van der Waals surface area contributed by atoms with E-state index in [1.54, 1.807) is 0 Å². The molecule has 1 atom stereocenters. The van der Waals surface area contributed by atoms with Crippen LogP contribution in [-0.2, 0) is 6.54 Å². The van der Waals surface area contributed by atoms with E-state index in [0.29, 0.717) is 12.1 Å². The van der Waals surface area contributed by atoms with E-state index in [-0.39, 0.29) is 0 Å². The number of nitrogens with zero attached hydrogens (tertiary/aromatic N) is 5.